The van der Waals surface area contributed by atoms with E-state index in [0.717, 1.165) is 47.9 Å². The summed E-state index contributed by atoms with van der Waals surface area (Å²) >= 11 is 0. The summed E-state index contributed by atoms with van der Waals surface area (Å²) < 4.78 is 5.75. The fourth-order valence-corrected chi connectivity index (χ4v) is 5.05. The van der Waals surface area contributed by atoms with Crippen LogP contribution < -0.4 is 0 Å². The van der Waals surface area contributed by atoms with Gasteiger partial charge in [-0.3, -0.25) is 4.79 Å². The first kappa shape index (κ1) is 15.9. The lowest BCUT2D eigenvalue weighted by Crippen LogP contribution is -2.46. The van der Waals surface area contributed by atoms with Crippen LogP contribution in [0.15, 0.2) is 41.1 Å². The maximum atomic E-state index is 13.3. The third kappa shape index (κ3) is 2.24. The van der Waals surface area contributed by atoms with Crippen molar-refractivity contribution in [1.82, 2.24) is 19.9 Å². The molecule has 6 rings (SSSR count). The van der Waals surface area contributed by atoms with Crippen LogP contribution in [0.4, 0.5) is 0 Å². The number of fused-ring (bicyclic) bond motifs is 5. The van der Waals surface area contributed by atoms with Crippen LogP contribution in [0.3, 0.4) is 0 Å². The summed E-state index contributed by atoms with van der Waals surface area (Å²) in [6.45, 7) is 2.69. The second-order valence-corrected chi connectivity index (χ2v) is 7.90. The smallest absolute Gasteiger partial charge is 0.254 e. The van der Waals surface area contributed by atoms with Gasteiger partial charge in [0.05, 0.1) is 17.4 Å². The van der Waals surface area contributed by atoms with E-state index >= 15 is 0 Å². The van der Waals surface area contributed by atoms with Crippen LogP contribution in [0.5, 0.6) is 0 Å². The van der Waals surface area contributed by atoms with Crippen molar-refractivity contribution in [3.8, 4) is 0 Å². The molecule has 1 fully saturated rings. The number of aromatic amines is 1. The van der Waals surface area contributed by atoms with Crippen LogP contribution in [0.1, 0.15) is 46.1 Å². The zero-order chi connectivity index (χ0) is 18.8. The molecule has 4 aromatic rings. The first-order chi connectivity index (χ1) is 13.7. The molecule has 6 nitrogen and oxygen atoms in total. The van der Waals surface area contributed by atoms with Crippen molar-refractivity contribution in [2.24, 2.45) is 0 Å². The lowest BCUT2D eigenvalue weighted by Gasteiger charge is -2.38. The first-order valence-electron chi connectivity index (χ1n) is 9.81. The Hall–Kier alpha value is -3.15. The number of carbonyl (C=O) groups excluding carboxylic acids is 1. The summed E-state index contributed by atoms with van der Waals surface area (Å²) in [4.78, 5) is 27.3. The molecule has 2 aromatic heterocycles. The first-order valence-corrected chi connectivity index (χ1v) is 9.81. The minimum Gasteiger partial charge on any atom is -0.441 e. The fraction of sp³-hybridized carbons (Fsp3) is 0.318. The molecule has 2 aromatic carbocycles. The predicted octanol–water partition coefficient (Wildman–Crippen LogP) is 3.96. The van der Waals surface area contributed by atoms with Gasteiger partial charge in [0.15, 0.2) is 11.5 Å². The number of amides is 1. The Kier molecular flexibility index (Phi) is 3.21. The van der Waals surface area contributed by atoms with Crippen molar-refractivity contribution in [3.05, 3.63) is 59.2 Å². The van der Waals surface area contributed by atoms with E-state index in [1.54, 1.807) is 6.33 Å². The number of rotatable bonds is 1. The molecule has 1 aliphatic carbocycles. The van der Waals surface area contributed by atoms with E-state index in [2.05, 4.69) is 32.0 Å². The largest absolute Gasteiger partial charge is 0.441 e. The lowest BCUT2D eigenvalue weighted by atomic mass is 9.88. The SMILES string of the molecule is Cc1nc2cc3c(cc2o1)[C@H]1CCCN(C(=O)c2ccc4[nH]cnc4c2)[C@H]1C3. The maximum absolute atomic E-state index is 13.3. The quantitative estimate of drug-likeness (QED) is 0.549. The molecule has 28 heavy (non-hydrogen) atoms. The van der Waals surface area contributed by atoms with Gasteiger partial charge in [-0.25, -0.2) is 9.97 Å². The third-order valence-electron chi connectivity index (χ3n) is 6.29. The van der Waals surface area contributed by atoms with Gasteiger partial charge in [0, 0.05) is 31.0 Å². The van der Waals surface area contributed by atoms with Gasteiger partial charge in [-0.05, 0) is 60.7 Å². The van der Waals surface area contributed by atoms with E-state index in [9.17, 15) is 4.79 Å². The van der Waals surface area contributed by atoms with Gasteiger partial charge in [0.2, 0.25) is 0 Å². The maximum Gasteiger partial charge on any atom is 0.254 e. The molecule has 3 heterocycles. The van der Waals surface area contributed by atoms with Crippen molar-refractivity contribution in [1.29, 1.82) is 0 Å². The number of oxazole rings is 1. The third-order valence-corrected chi connectivity index (χ3v) is 6.29. The van der Waals surface area contributed by atoms with Crippen molar-refractivity contribution >= 4 is 28.0 Å². The normalized spacial score (nSPS) is 21.2. The number of nitrogens with zero attached hydrogens (tertiary/aromatic N) is 3. The minimum absolute atomic E-state index is 0.102. The average molecular weight is 372 g/mol. The Bertz CT molecular complexity index is 1240. The number of likely N-dealkylation sites (tertiary alicyclic amines) is 1. The molecule has 1 saturated heterocycles. The van der Waals surface area contributed by atoms with Gasteiger partial charge in [-0.15, -0.1) is 0 Å². The van der Waals surface area contributed by atoms with Crippen molar-refractivity contribution in [2.45, 2.75) is 38.1 Å². The topological polar surface area (TPSA) is 75.0 Å². The number of nitrogens with one attached hydrogen (secondary N) is 1. The van der Waals surface area contributed by atoms with Gasteiger partial charge >= 0.3 is 0 Å². The molecule has 0 spiro atoms. The molecular formula is C22H20N4O2. The fourth-order valence-electron chi connectivity index (χ4n) is 5.05. The summed E-state index contributed by atoms with van der Waals surface area (Å²) in [5, 5.41) is 0. The van der Waals surface area contributed by atoms with Crippen LogP contribution in [0.25, 0.3) is 22.1 Å². The highest BCUT2D eigenvalue weighted by Crippen LogP contribution is 2.44. The Morgan fingerprint density at radius 3 is 3.11 bits per heavy atom. The van der Waals surface area contributed by atoms with Crippen molar-refractivity contribution in [3.63, 3.8) is 0 Å². The van der Waals surface area contributed by atoms with E-state index in [-0.39, 0.29) is 11.9 Å². The molecule has 0 saturated carbocycles. The molecule has 2 aliphatic rings. The molecule has 0 unspecified atom stereocenters. The van der Waals surface area contributed by atoms with Gasteiger partial charge in [-0.2, -0.15) is 0 Å². The van der Waals surface area contributed by atoms with Crippen LogP contribution >= 0.6 is 0 Å². The summed E-state index contributed by atoms with van der Waals surface area (Å²) in [5.41, 5.74) is 6.89. The van der Waals surface area contributed by atoms with Gasteiger partial charge in [0.25, 0.3) is 5.91 Å². The molecule has 1 amide bonds. The average Bonchev–Trinajstić information content (AvgIpc) is 3.39. The molecule has 1 aliphatic heterocycles. The highest BCUT2D eigenvalue weighted by Gasteiger charge is 2.41. The second-order valence-electron chi connectivity index (χ2n) is 7.90. The van der Waals surface area contributed by atoms with E-state index in [0.29, 0.717) is 17.4 Å². The highest BCUT2D eigenvalue weighted by atomic mass is 16.3. The summed E-state index contributed by atoms with van der Waals surface area (Å²) in [6, 6.07) is 10.2. The van der Waals surface area contributed by atoms with E-state index < -0.39 is 0 Å². The van der Waals surface area contributed by atoms with Crippen molar-refractivity contribution in [2.75, 3.05) is 6.54 Å². The number of carbonyl (C=O) groups is 1. The molecule has 0 radical (unpaired) electrons. The van der Waals surface area contributed by atoms with Gasteiger partial charge in [0.1, 0.15) is 5.52 Å². The molecular weight excluding hydrogens is 352 g/mol. The monoisotopic (exact) mass is 372 g/mol. The Balaban J connectivity index is 1.36. The Morgan fingerprint density at radius 2 is 2.18 bits per heavy atom. The lowest BCUT2D eigenvalue weighted by molar-refractivity contribution is 0.0595. The van der Waals surface area contributed by atoms with Crippen LogP contribution in [0, 0.1) is 6.92 Å². The van der Waals surface area contributed by atoms with Crippen LogP contribution in [-0.2, 0) is 6.42 Å². The molecule has 1 N–H and O–H groups in total. The molecule has 6 heteroatoms. The highest BCUT2D eigenvalue weighted by molar-refractivity contribution is 5.97. The van der Waals surface area contributed by atoms with Crippen LogP contribution in [0.2, 0.25) is 0 Å². The number of hydrogen-bond acceptors (Lipinski definition) is 4. The molecule has 0 bridgehead atoms. The Morgan fingerprint density at radius 1 is 1.25 bits per heavy atom. The second kappa shape index (κ2) is 5.67. The molecule has 2 atom stereocenters. The Labute approximate surface area is 161 Å². The van der Waals surface area contributed by atoms with E-state index in [1.807, 2.05) is 25.1 Å². The summed E-state index contributed by atoms with van der Waals surface area (Å²) in [7, 11) is 0. The predicted molar refractivity (Wildman–Crippen MR) is 105 cm³/mol. The van der Waals surface area contributed by atoms with Crippen LogP contribution in [-0.4, -0.2) is 38.3 Å². The van der Waals surface area contributed by atoms with Gasteiger partial charge in [-0.1, -0.05) is 0 Å². The van der Waals surface area contributed by atoms with Crippen molar-refractivity contribution < 1.29 is 9.21 Å². The standard InChI is InChI=1S/C22H20N4O2/c1-12-25-19-8-14-9-20-15(16(14)10-21(19)28-12)3-2-6-26(20)22(27)13-4-5-17-18(7-13)24-11-23-17/h4-5,7-8,10-11,15,20H,2-3,6,9H2,1H3,(H,23,24)/t15-,20+/m1/s1. The number of H-pyrrole nitrogens is 1. The summed E-state index contributed by atoms with van der Waals surface area (Å²) in [6.07, 6.45) is 4.68. The number of imidazole rings is 1. The van der Waals surface area contributed by atoms with E-state index in [1.165, 1.54) is 11.1 Å². The minimum atomic E-state index is 0.102. The number of aromatic nitrogens is 3. The number of aryl methyl sites for hydroxylation is 1. The molecule has 140 valence electrons. The zero-order valence-corrected chi connectivity index (χ0v) is 15.6. The number of piperidine rings is 1. The number of benzene rings is 2. The summed E-state index contributed by atoms with van der Waals surface area (Å²) in [5.74, 6) is 1.17. The number of hydrogen-bond donors (Lipinski definition) is 1. The zero-order valence-electron chi connectivity index (χ0n) is 15.6. The van der Waals surface area contributed by atoms with Gasteiger partial charge < -0.3 is 14.3 Å². The van der Waals surface area contributed by atoms with E-state index in [4.69, 9.17) is 4.42 Å².